The smallest absolute Gasteiger partial charge is 0.164 e. The lowest BCUT2D eigenvalue weighted by Crippen LogP contribution is -2.24. The first-order valence-electron chi connectivity index (χ1n) is 11.8. The van der Waals surface area contributed by atoms with Crippen LogP contribution in [0.15, 0.2) is 72.2 Å². The van der Waals surface area contributed by atoms with Crippen molar-refractivity contribution >= 4 is 23.1 Å². The van der Waals surface area contributed by atoms with Crippen LogP contribution < -0.4 is 0 Å². The maximum atomic E-state index is 4.98. The maximum Gasteiger partial charge on any atom is 0.164 e. The summed E-state index contributed by atoms with van der Waals surface area (Å²) in [5, 5.41) is 0. The third kappa shape index (κ3) is 3.60. The number of aromatic nitrogens is 6. The van der Waals surface area contributed by atoms with E-state index in [2.05, 4.69) is 87.0 Å². The van der Waals surface area contributed by atoms with Crippen molar-refractivity contribution in [2.24, 2.45) is 4.99 Å². The van der Waals surface area contributed by atoms with Gasteiger partial charge in [0.05, 0.1) is 11.3 Å². The van der Waals surface area contributed by atoms with Gasteiger partial charge in [0.15, 0.2) is 5.65 Å². The van der Waals surface area contributed by atoms with Crippen molar-refractivity contribution in [2.45, 2.75) is 39.2 Å². The van der Waals surface area contributed by atoms with Crippen LogP contribution in [0.3, 0.4) is 0 Å². The Morgan fingerprint density at radius 3 is 2.49 bits per heavy atom. The first-order chi connectivity index (χ1) is 17.1. The van der Waals surface area contributed by atoms with Crippen LogP contribution in [0.1, 0.15) is 30.8 Å². The lowest BCUT2D eigenvalue weighted by atomic mass is 9.78. The van der Waals surface area contributed by atoms with Gasteiger partial charge >= 0.3 is 0 Å². The number of imidazole rings is 1. The number of rotatable bonds is 5. The van der Waals surface area contributed by atoms with Crippen molar-refractivity contribution in [1.82, 2.24) is 29.5 Å². The Bertz CT molecular complexity index is 1570. The molecule has 4 heterocycles. The van der Waals surface area contributed by atoms with E-state index in [-0.39, 0.29) is 5.41 Å². The van der Waals surface area contributed by atoms with Gasteiger partial charge in [-0.2, -0.15) is 0 Å². The van der Waals surface area contributed by atoms with Gasteiger partial charge in [0, 0.05) is 36.1 Å². The van der Waals surface area contributed by atoms with Gasteiger partial charge in [0.1, 0.15) is 29.2 Å². The minimum atomic E-state index is -0.188. The lowest BCUT2D eigenvalue weighted by Gasteiger charge is -2.23. The molecule has 3 aromatic heterocycles. The van der Waals surface area contributed by atoms with Crippen LogP contribution in [0.25, 0.3) is 33.8 Å². The van der Waals surface area contributed by atoms with Crippen LogP contribution >= 0.6 is 0 Å². The van der Waals surface area contributed by atoms with Crippen LogP contribution in [0.2, 0.25) is 0 Å². The molecule has 172 valence electrons. The fourth-order valence-electron chi connectivity index (χ4n) is 4.87. The van der Waals surface area contributed by atoms with Gasteiger partial charge in [-0.15, -0.1) is 0 Å². The minimum absolute atomic E-state index is 0.188. The minimum Gasteiger partial charge on any atom is -0.309 e. The van der Waals surface area contributed by atoms with Crippen molar-refractivity contribution in [3.05, 3.63) is 84.2 Å². The molecule has 0 N–H and O–H groups in total. The topological polar surface area (TPSA) is 81.7 Å². The Kier molecular flexibility index (Phi) is 4.99. The van der Waals surface area contributed by atoms with E-state index in [1.165, 1.54) is 11.1 Å². The van der Waals surface area contributed by atoms with Crippen LogP contribution in [0.5, 0.6) is 0 Å². The van der Waals surface area contributed by atoms with Crippen molar-refractivity contribution in [2.75, 3.05) is 0 Å². The van der Waals surface area contributed by atoms with Gasteiger partial charge in [0.2, 0.25) is 0 Å². The first kappa shape index (κ1) is 21.3. The largest absolute Gasteiger partial charge is 0.309 e. The Hall–Kier alpha value is -4.26. The fraction of sp³-hybridized carbons (Fsp3) is 0.214. The monoisotopic (exact) mass is 459 g/mol. The summed E-state index contributed by atoms with van der Waals surface area (Å²) in [7, 11) is 0. The number of hydrogen-bond donors (Lipinski definition) is 0. The zero-order chi connectivity index (χ0) is 24.0. The van der Waals surface area contributed by atoms with E-state index in [9.17, 15) is 0 Å². The second kappa shape index (κ2) is 8.20. The summed E-state index contributed by atoms with van der Waals surface area (Å²) in [5.41, 5.74) is 7.57. The SMILES string of the molecule is CCn1c(-c2cnc(C)nc2)nc2c(-c3ccc4c(c3)C(C)(Cc3ccccc3)C=N4)ncnc21. The quantitative estimate of drug-likeness (QED) is 0.347. The average molecular weight is 460 g/mol. The van der Waals surface area contributed by atoms with E-state index in [0.29, 0.717) is 0 Å². The molecule has 1 aliphatic rings. The third-order valence-corrected chi connectivity index (χ3v) is 6.68. The average Bonchev–Trinajstić information content (AvgIpc) is 3.42. The van der Waals surface area contributed by atoms with Crippen LogP contribution in [-0.2, 0) is 18.4 Å². The maximum absolute atomic E-state index is 4.98. The van der Waals surface area contributed by atoms with Crippen molar-refractivity contribution in [3.8, 4) is 22.6 Å². The Morgan fingerprint density at radius 1 is 0.914 bits per heavy atom. The molecule has 0 aliphatic carbocycles. The second-order valence-corrected chi connectivity index (χ2v) is 9.16. The summed E-state index contributed by atoms with van der Waals surface area (Å²) in [4.78, 5) is 27.7. The second-order valence-electron chi connectivity index (χ2n) is 9.16. The number of benzene rings is 2. The van der Waals surface area contributed by atoms with Crippen LogP contribution in [0, 0.1) is 6.92 Å². The van der Waals surface area contributed by atoms with E-state index in [0.717, 1.165) is 58.3 Å². The Morgan fingerprint density at radius 2 is 1.71 bits per heavy atom. The van der Waals surface area contributed by atoms with E-state index in [1.54, 1.807) is 6.33 Å². The van der Waals surface area contributed by atoms with Gasteiger partial charge in [-0.1, -0.05) is 43.3 Å². The molecule has 5 aromatic rings. The summed E-state index contributed by atoms with van der Waals surface area (Å²) in [6.07, 6.45) is 8.20. The molecular weight excluding hydrogens is 434 g/mol. The van der Waals surface area contributed by atoms with Gasteiger partial charge < -0.3 is 4.57 Å². The summed E-state index contributed by atoms with van der Waals surface area (Å²) < 4.78 is 2.09. The van der Waals surface area contributed by atoms with E-state index in [1.807, 2.05) is 25.4 Å². The third-order valence-electron chi connectivity index (χ3n) is 6.68. The summed E-state index contributed by atoms with van der Waals surface area (Å²) in [6.45, 7) is 6.93. The van der Waals surface area contributed by atoms with E-state index < -0.39 is 0 Å². The number of aryl methyl sites for hydroxylation is 2. The van der Waals surface area contributed by atoms with Gasteiger partial charge in [-0.25, -0.2) is 24.9 Å². The molecule has 1 unspecified atom stereocenters. The summed E-state index contributed by atoms with van der Waals surface area (Å²) >= 11 is 0. The molecule has 0 saturated heterocycles. The molecule has 0 fully saturated rings. The molecule has 7 nitrogen and oxygen atoms in total. The van der Waals surface area contributed by atoms with E-state index >= 15 is 0 Å². The highest BCUT2D eigenvalue weighted by molar-refractivity contribution is 5.92. The van der Waals surface area contributed by atoms with Gasteiger partial charge in [-0.3, -0.25) is 4.99 Å². The predicted molar refractivity (Wildman–Crippen MR) is 138 cm³/mol. The Labute approximate surface area is 203 Å². The number of hydrogen-bond acceptors (Lipinski definition) is 6. The molecule has 7 heteroatoms. The number of nitrogens with zero attached hydrogens (tertiary/aromatic N) is 7. The highest BCUT2D eigenvalue weighted by atomic mass is 15.1. The first-order valence-corrected chi connectivity index (χ1v) is 11.8. The molecule has 1 atom stereocenters. The highest BCUT2D eigenvalue weighted by Gasteiger charge is 2.32. The van der Waals surface area contributed by atoms with Crippen molar-refractivity contribution in [3.63, 3.8) is 0 Å². The Balaban J connectivity index is 1.47. The molecule has 0 radical (unpaired) electrons. The zero-order valence-corrected chi connectivity index (χ0v) is 20.0. The molecule has 0 spiro atoms. The number of aliphatic imine (C=N–C) groups is 1. The molecule has 6 rings (SSSR count). The lowest BCUT2D eigenvalue weighted by molar-refractivity contribution is 0.661. The molecule has 2 aromatic carbocycles. The number of fused-ring (bicyclic) bond motifs is 2. The van der Waals surface area contributed by atoms with Crippen molar-refractivity contribution in [1.29, 1.82) is 0 Å². The van der Waals surface area contributed by atoms with Gasteiger partial charge in [0.25, 0.3) is 0 Å². The highest BCUT2D eigenvalue weighted by Crippen LogP contribution is 2.41. The molecule has 0 amide bonds. The normalized spacial score (nSPS) is 16.7. The molecule has 0 saturated carbocycles. The summed E-state index contributed by atoms with van der Waals surface area (Å²) in [5.74, 6) is 1.52. The molecular formula is C28H25N7. The van der Waals surface area contributed by atoms with Crippen LogP contribution in [0.4, 0.5) is 5.69 Å². The predicted octanol–water partition coefficient (Wildman–Crippen LogP) is 5.49. The van der Waals surface area contributed by atoms with Crippen LogP contribution in [-0.4, -0.2) is 35.7 Å². The molecule has 35 heavy (non-hydrogen) atoms. The molecule has 0 bridgehead atoms. The summed E-state index contributed by atoms with van der Waals surface area (Å²) in [6, 6.07) is 16.9. The van der Waals surface area contributed by atoms with Crippen molar-refractivity contribution < 1.29 is 0 Å². The standard InChI is InChI=1S/C28H25N7/c1-4-35-26(21-14-29-18(2)30-15-21)34-25-24(32-17-33-27(25)35)20-10-11-23-22(12-20)28(3,16-31-23)13-19-8-6-5-7-9-19/h5-12,14-17H,4,13H2,1-3H3. The van der Waals surface area contributed by atoms with Gasteiger partial charge in [-0.05, 0) is 43.5 Å². The molecule has 1 aliphatic heterocycles. The fourth-order valence-corrected chi connectivity index (χ4v) is 4.87. The van der Waals surface area contributed by atoms with E-state index in [4.69, 9.17) is 9.98 Å². The zero-order valence-electron chi connectivity index (χ0n) is 20.0.